The van der Waals surface area contributed by atoms with Gasteiger partial charge < -0.3 is 10.3 Å². The van der Waals surface area contributed by atoms with Crippen LogP contribution in [0.1, 0.15) is 42.5 Å². The third kappa shape index (κ3) is 2.99. The van der Waals surface area contributed by atoms with Crippen molar-refractivity contribution in [3.05, 3.63) is 56.6 Å². The van der Waals surface area contributed by atoms with Crippen LogP contribution in [0.3, 0.4) is 0 Å². The molecule has 0 aromatic carbocycles. The van der Waals surface area contributed by atoms with Gasteiger partial charge >= 0.3 is 0 Å². The second kappa shape index (κ2) is 6.48. The molecule has 0 saturated heterocycles. The summed E-state index contributed by atoms with van der Waals surface area (Å²) in [6, 6.07) is 7.33. The number of carbonyl (C=O) groups is 1. The Morgan fingerprint density at radius 3 is 2.68 bits per heavy atom. The van der Waals surface area contributed by atoms with E-state index in [1.807, 2.05) is 11.4 Å². The predicted octanol–water partition coefficient (Wildman–Crippen LogP) is 2.95. The molecule has 2 N–H and O–H groups in total. The summed E-state index contributed by atoms with van der Waals surface area (Å²) in [5.74, 6) is 0.112. The molecule has 0 unspecified atom stereocenters. The Morgan fingerprint density at radius 1 is 1.23 bits per heavy atom. The number of aromatic amines is 1. The van der Waals surface area contributed by atoms with Crippen LogP contribution >= 0.6 is 11.3 Å². The number of hydrogen-bond donors (Lipinski definition) is 2. The molecule has 4 nitrogen and oxygen atoms in total. The molecule has 1 saturated carbocycles. The maximum atomic E-state index is 12.9. The normalized spacial score (nSPS) is 17.1. The van der Waals surface area contributed by atoms with Gasteiger partial charge in [0.1, 0.15) is 0 Å². The fourth-order valence-corrected chi connectivity index (χ4v) is 4.18. The van der Waals surface area contributed by atoms with E-state index >= 15 is 0 Å². The van der Waals surface area contributed by atoms with Gasteiger partial charge in [-0.3, -0.25) is 9.59 Å². The van der Waals surface area contributed by atoms with Gasteiger partial charge in [-0.25, -0.2) is 0 Å². The topological polar surface area (TPSA) is 62.0 Å². The molecular formula is C17H20N2O2S. The Hall–Kier alpha value is -1.88. The highest BCUT2D eigenvalue weighted by Crippen LogP contribution is 2.41. The fraction of sp³-hybridized carbons (Fsp3) is 0.412. The summed E-state index contributed by atoms with van der Waals surface area (Å²) >= 11 is 1.67. The molecule has 2 aromatic rings. The van der Waals surface area contributed by atoms with Crippen LogP contribution in [-0.2, 0) is 16.8 Å². The van der Waals surface area contributed by atoms with Gasteiger partial charge in [0.15, 0.2) is 0 Å². The molecule has 1 amide bonds. The van der Waals surface area contributed by atoms with Gasteiger partial charge in [0.2, 0.25) is 11.5 Å². The minimum Gasteiger partial charge on any atom is -0.351 e. The molecule has 0 radical (unpaired) electrons. The Kier molecular flexibility index (Phi) is 4.43. The van der Waals surface area contributed by atoms with Crippen molar-refractivity contribution in [2.24, 2.45) is 0 Å². The van der Waals surface area contributed by atoms with E-state index < -0.39 is 0 Å². The molecule has 116 valence electrons. The van der Waals surface area contributed by atoms with Crippen molar-refractivity contribution >= 4 is 17.2 Å². The van der Waals surface area contributed by atoms with Crippen molar-refractivity contribution in [1.29, 1.82) is 0 Å². The van der Waals surface area contributed by atoms with Crippen LogP contribution in [0.5, 0.6) is 0 Å². The monoisotopic (exact) mass is 316 g/mol. The van der Waals surface area contributed by atoms with E-state index in [2.05, 4.69) is 16.4 Å². The summed E-state index contributed by atoms with van der Waals surface area (Å²) in [6.45, 7) is 0.447. The minimum absolute atomic E-state index is 0.112. The van der Waals surface area contributed by atoms with Gasteiger partial charge in [-0.05, 0) is 29.9 Å². The molecule has 2 aromatic heterocycles. The molecule has 1 fully saturated rings. The number of aromatic nitrogens is 1. The van der Waals surface area contributed by atoms with Crippen molar-refractivity contribution in [3.63, 3.8) is 0 Å². The number of H-pyrrole nitrogens is 1. The molecule has 0 atom stereocenters. The lowest BCUT2D eigenvalue weighted by molar-refractivity contribution is -0.128. The van der Waals surface area contributed by atoms with Crippen LogP contribution in [0.2, 0.25) is 0 Å². The van der Waals surface area contributed by atoms with Crippen LogP contribution in [0.4, 0.5) is 0 Å². The average Bonchev–Trinajstić information content (AvgIpc) is 3.09. The number of amides is 1. The lowest BCUT2D eigenvalue weighted by Gasteiger charge is -2.35. The van der Waals surface area contributed by atoms with E-state index in [4.69, 9.17) is 0 Å². The van der Waals surface area contributed by atoms with E-state index in [0.29, 0.717) is 6.54 Å². The highest BCUT2D eigenvalue weighted by Gasteiger charge is 2.41. The van der Waals surface area contributed by atoms with Crippen LogP contribution in [0, 0.1) is 0 Å². The highest BCUT2D eigenvalue weighted by molar-refractivity contribution is 7.10. The summed E-state index contributed by atoms with van der Waals surface area (Å²) in [4.78, 5) is 27.8. The molecule has 2 heterocycles. The maximum Gasteiger partial charge on any atom is 0.247 e. The van der Waals surface area contributed by atoms with E-state index in [1.54, 1.807) is 23.6 Å². The van der Waals surface area contributed by atoms with Gasteiger partial charge in [-0.15, -0.1) is 11.3 Å². The number of pyridine rings is 1. The van der Waals surface area contributed by atoms with Crippen molar-refractivity contribution in [2.75, 3.05) is 0 Å². The van der Waals surface area contributed by atoms with E-state index in [9.17, 15) is 9.59 Å². The standard InChI is InChI=1S/C17H20N2O2S/c20-15-7-6-13(11-18-15)12-19-16(21)17(8-2-1-3-9-17)14-5-4-10-22-14/h4-7,10-11H,1-3,8-9,12H2,(H,18,20)(H,19,21). The lowest BCUT2D eigenvalue weighted by atomic mass is 9.72. The van der Waals surface area contributed by atoms with Crippen molar-refractivity contribution in [2.45, 2.75) is 44.1 Å². The van der Waals surface area contributed by atoms with Crippen molar-refractivity contribution < 1.29 is 4.79 Å². The average molecular weight is 316 g/mol. The summed E-state index contributed by atoms with van der Waals surface area (Å²) in [5, 5.41) is 5.11. The molecule has 5 heteroatoms. The van der Waals surface area contributed by atoms with Crippen LogP contribution in [-0.4, -0.2) is 10.9 Å². The molecule has 3 rings (SSSR count). The number of carbonyl (C=O) groups excluding carboxylic acids is 1. The van der Waals surface area contributed by atoms with Gasteiger partial charge in [0.25, 0.3) is 0 Å². The van der Waals surface area contributed by atoms with Crippen LogP contribution < -0.4 is 10.9 Å². The van der Waals surface area contributed by atoms with Gasteiger partial charge in [-0.2, -0.15) is 0 Å². The molecule has 0 bridgehead atoms. The SMILES string of the molecule is O=C(NCc1ccc(=O)[nH]c1)C1(c2cccs2)CCCCC1. The molecule has 22 heavy (non-hydrogen) atoms. The second-order valence-corrected chi connectivity index (χ2v) is 6.81. The summed E-state index contributed by atoms with van der Waals surface area (Å²) in [6.07, 6.45) is 6.91. The second-order valence-electron chi connectivity index (χ2n) is 5.86. The molecular weight excluding hydrogens is 296 g/mol. The first-order valence-corrected chi connectivity index (χ1v) is 8.59. The quantitative estimate of drug-likeness (QED) is 0.911. The third-order valence-electron chi connectivity index (χ3n) is 4.44. The number of nitrogens with one attached hydrogen (secondary N) is 2. The first kappa shape index (κ1) is 15.0. The summed E-state index contributed by atoms with van der Waals surface area (Å²) < 4.78 is 0. The van der Waals surface area contributed by atoms with Gasteiger partial charge in [0.05, 0.1) is 5.41 Å². The van der Waals surface area contributed by atoms with E-state index in [1.165, 1.54) is 17.4 Å². The van der Waals surface area contributed by atoms with E-state index in [-0.39, 0.29) is 16.9 Å². The molecule has 1 aliphatic carbocycles. The lowest BCUT2D eigenvalue weighted by Crippen LogP contribution is -2.45. The zero-order valence-electron chi connectivity index (χ0n) is 12.4. The Morgan fingerprint density at radius 2 is 2.05 bits per heavy atom. The Bertz CT molecular complexity index is 664. The Labute approximate surface area is 133 Å². The maximum absolute atomic E-state index is 12.9. The summed E-state index contributed by atoms with van der Waals surface area (Å²) in [7, 11) is 0. The molecule has 1 aliphatic rings. The summed E-state index contributed by atoms with van der Waals surface area (Å²) in [5.41, 5.74) is 0.414. The Balaban J connectivity index is 1.75. The molecule has 0 spiro atoms. The largest absolute Gasteiger partial charge is 0.351 e. The number of rotatable bonds is 4. The highest BCUT2D eigenvalue weighted by atomic mass is 32.1. The van der Waals surface area contributed by atoms with Gasteiger partial charge in [0, 0.05) is 23.7 Å². The van der Waals surface area contributed by atoms with Gasteiger partial charge in [-0.1, -0.05) is 31.4 Å². The first-order chi connectivity index (χ1) is 10.7. The first-order valence-electron chi connectivity index (χ1n) is 7.71. The van der Waals surface area contributed by atoms with Crippen molar-refractivity contribution in [1.82, 2.24) is 10.3 Å². The number of thiophene rings is 1. The van der Waals surface area contributed by atoms with Crippen LogP contribution in [0.25, 0.3) is 0 Å². The molecule has 0 aliphatic heterocycles. The van der Waals surface area contributed by atoms with E-state index in [0.717, 1.165) is 31.2 Å². The zero-order chi connectivity index (χ0) is 15.4. The minimum atomic E-state index is -0.366. The fourth-order valence-electron chi connectivity index (χ4n) is 3.20. The third-order valence-corrected chi connectivity index (χ3v) is 5.51. The predicted molar refractivity (Wildman–Crippen MR) is 88.0 cm³/mol. The number of hydrogen-bond acceptors (Lipinski definition) is 3. The smallest absolute Gasteiger partial charge is 0.247 e. The zero-order valence-corrected chi connectivity index (χ0v) is 13.2. The van der Waals surface area contributed by atoms with Crippen LogP contribution in [0.15, 0.2) is 40.6 Å². The van der Waals surface area contributed by atoms with Crippen molar-refractivity contribution in [3.8, 4) is 0 Å².